The Morgan fingerprint density at radius 3 is 2.16 bits per heavy atom. The highest BCUT2D eigenvalue weighted by Gasteiger charge is 2.18. The van der Waals surface area contributed by atoms with E-state index in [1.165, 1.54) is 0 Å². The molecule has 0 aliphatic heterocycles. The largest absolute Gasteiger partial charge is 0.478 e. The number of benzene rings is 1. The number of hydrogen-bond acceptors (Lipinski definition) is 2. The second-order valence-corrected chi connectivity index (χ2v) is 6.57. The van der Waals surface area contributed by atoms with E-state index in [2.05, 4.69) is 48.5 Å². The molecule has 0 aliphatic carbocycles. The molecule has 1 rings (SSSR count). The second-order valence-electron chi connectivity index (χ2n) is 5.66. The highest BCUT2D eigenvalue weighted by atomic mass is 79.9. The predicted octanol–water partition coefficient (Wildman–Crippen LogP) is 4.27. The fraction of sp³-hybridized carbons (Fsp3) is 0.533. The first kappa shape index (κ1) is 16.0. The third-order valence-electron chi connectivity index (χ3n) is 2.70. The van der Waals surface area contributed by atoms with Crippen LogP contribution in [0, 0.1) is 11.8 Å². The molecule has 0 fully saturated rings. The van der Waals surface area contributed by atoms with E-state index >= 15 is 0 Å². The monoisotopic (exact) mass is 327 g/mol. The minimum atomic E-state index is -0.881. The maximum Gasteiger partial charge on any atom is 0.337 e. The van der Waals surface area contributed by atoms with Gasteiger partial charge in [0.15, 0.2) is 0 Å². The quantitative estimate of drug-likeness (QED) is 0.848. The van der Waals surface area contributed by atoms with Crippen LogP contribution >= 0.6 is 15.9 Å². The van der Waals surface area contributed by atoms with E-state index in [1.807, 2.05) is 12.1 Å². The van der Waals surface area contributed by atoms with E-state index in [0.717, 1.165) is 23.2 Å². The van der Waals surface area contributed by atoms with Crippen LogP contribution in [-0.2, 0) is 0 Å². The van der Waals surface area contributed by atoms with Crippen LogP contribution in [0.1, 0.15) is 38.1 Å². The molecule has 106 valence electrons. The minimum Gasteiger partial charge on any atom is -0.478 e. The molecular formula is C15H22BrNO2. The number of carboxylic acid groups (broad SMARTS) is 1. The molecule has 19 heavy (non-hydrogen) atoms. The average molecular weight is 328 g/mol. The van der Waals surface area contributed by atoms with Crippen molar-refractivity contribution in [1.82, 2.24) is 0 Å². The maximum atomic E-state index is 11.4. The molecule has 4 heteroatoms. The van der Waals surface area contributed by atoms with Gasteiger partial charge in [-0.25, -0.2) is 4.79 Å². The Kier molecular flexibility index (Phi) is 5.85. The van der Waals surface area contributed by atoms with Gasteiger partial charge in [0.25, 0.3) is 0 Å². The molecule has 0 saturated carbocycles. The lowest BCUT2D eigenvalue weighted by molar-refractivity contribution is 0.0697. The molecule has 0 aliphatic rings. The molecule has 0 radical (unpaired) electrons. The van der Waals surface area contributed by atoms with Gasteiger partial charge in [-0.05, 0) is 30.0 Å². The number of rotatable bonds is 6. The zero-order chi connectivity index (χ0) is 14.6. The molecular weight excluding hydrogens is 306 g/mol. The molecule has 0 bridgehead atoms. The topological polar surface area (TPSA) is 40.5 Å². The number of halogens is 1. The highest BCUT2D eigenvalue weighted by molar-refractivity contribution is 9.10. The number of carbonyl (C=O) groups is 1. The number of carboxylic acids is 1. The zero-order valence-electron chi connectivity index (χ0n) is 12.0. The van der Waals surface area contributed by atoms with Gasteiger partial charge in [0, 0.05) is 17.6 Å². The van der Waals surface area contributed by atoms with Crippen LogP contribution in [0.3, 0.4) is 0 Å². The van der Waals surface area contributed by atoms with E-state index in [1.54, 1.807) is 6.07 Å². The van der Waals surface area contributed by atoms with Crippen LogP contribution in [0.25, 0.3) is 0 Å². The molecule has 0 heterocycles. The van der Waals surface area contributed by atoms with Crippen molar-refractivity contribution in [1.29, 1.82) is 0 Å². The molecule has 0 unspecified atom stereocenters. The second kappa shape index (κ2) is 6.94. The van der Waals surface area contributed by atoms with Crippen LogP contribution in [0.5, 0.6) is 0 Å². The fourth-order valence-corrected chi connectivity index (χ4v) is 2.47. The average Bonchev–Trinajstić information content (AvgIpc) is 2.26. The summed E-state index contributed by atoms with van der Waals surface area (Å²) in [6, 6.07) is 5.46. The smallest absolute Gasteiger partial charge is 0.337 e. The van der Waals surface area contributed by atoms with Crippen molar-refractivity contribution >= 4 is 27.6 Å². The Labute approximate surface area is 123 Å². The van der Waals surface area contributed by atoms with Crippen molar-refractivity contribution in [3.63, 3.8) is 0 Å². The predicted molar refractivity (Wildman–Crippen MR) is 83.0 cm³/mol. The van der Waals surface area contributed by atoms with Crippen LogP contribution in [0.15, 0.2) is 22.7 Å². The lowest BCUT2D eigenvalue weighted by Gasteiger charge is -2.29. The molecule has 0 atom stereocenters. The van der Waals surface area contributed by atoms with Crippen LogP contribution < -0.4 is 4.90 Å². The number of nitrogens with zero attached hydrogens (tertiary/aromatic N) is 1. The summed E-state index contributed by atoms with van der Waals surface area (Å²) in [7, 11) is 0. The van der Waals surface area contributed by atoms with Gasteiger partial charge in [0.05, 0.1) is 11.3 Å². The molecule has 3 nitrogen and oxygen atoms in total. The Morgan fingerprint density at radius 2 is 1.74 bits per heavy atom. The summed E-state index contributed by atoms with van der Waals surface area (Å²) in [5, 5.41) is 9.36. The van der Waals surface area contributed by atoms with Gasteiger partial charge >= 0.3 is 5.97 Å². The van der Waals surface area contributed by atoms with E-state index in [-0.39, 0.29) is 0 Å². The van der Waals surface area contributed by atoms with E-state index in [0.29, 0.717) is 17.4 Å². The SMILES string of the molecule is CC(C)CN(CC(C)C)c1ccc(Br)cc1C(=O)O. The summed E-state index contributed by atoms with van der Waals surface area (Å²) in [5.74, 6) is 0.0990. The normalized spacial score (nSPS) is 11.1. The molecule has 0 saturated heterocycles. The maximum absolute atomic E-state index is 11.4. The van der Waals surface area contributed by atoms with E-state index in [9.17, 15) is 9.90 Å². The molecule has 0 amide bonds. The lowest BCUT2D eigenvalue weighted by atomic mass is 10.1. The van der Waals surface area contributed by atoms with E-state index < -0.39 is 5.97 Å². The molecule has 0 aromatic heterocycles. The fourth-order valence-electron chi connectivity index (χ4n) is 2.11. The van der Waals surface area contributed by atoms with Gasteiger partial charge in [-0.15, -0.1) is 0 Å². The van der Waals surface area contributed by atoms with Gasteiger partial charge < -0.3 is 10.0 Å². The molecule has 1 N–H and O–H groups in total. The van der Waals surface area contributed by atoms with Crippen LogP contribution in [-0.4, -0.2) is 24.2 Å². The van der Waals surface area contributed by atoms with Crippen molar-refractivity contribution in [3.05, 3.63) is 28.2 Å². The van der Waals surface area contributed by atoms with Gasteiger partial charge in [-0.2, -0.15) is 0 Å². The molecule has 0 spiro atoms. The Morgan fingerprint density at radius 1 is 1.21 bits per heavy atom. The number of hydrogen-bond donors (Lipinski definition) is 1. The van der Waals surface area contributed by atoms with Crippen molar-refractivity contribution in [2.75, 3.05) is 18.0 Å². The number of anilines is 1. The standard InChI is InChI=1S/C15H22BrNO2/c1-10(2)8-17(9-11(3)4)14-6-5-12(16)7-13(14)15(18)19/h5-7,10-11H,8-9H2,1-4H3,(H,18,19). The first-order valence-corrected chi connectivity index (χ1v) is 7.38. The van der Waals surface area contributed by atoms with Gasteiger partial charge in [-0.3, -0.25) is 0 Å². The first-order valence-electron chi connectivity index (χ1n) is 6.59. The van der Waals surface area contributed by atoms with Gasteiger partial charge in [0.1, 0.15) is 0 Å². The Hall–Kier alpha value is -1.03. The molecule has 1 aromatic rings. The third kappa shape index (κ3) is 4.86. The zero-order valence-corrected chi connectivity index (χ0v) is 13.6. The summed E-state index contributed by atoms with van der Waals surface area (Å²) in [4.78, 5) is 13.6. The van der Waals surface area contributed by atoms with Crippen molar-refractivity contribution < 1.29 is 9.90 Å². The molecule has 1 aromatic carbocycles. The highest BCUT2D eigenvalue weighted by Crippen LogP contribution is 2.26. The van der Waals surface area contributed by atoms with Crippen molar-refractivity contribution in [2.45, 2.75) is 27.7 Å². The minimum absolute atomic E-state index is 0.357. The van der Waals surface area contributed by atoms with Crippen molar-refractivity contribution in [2.24, 2.45) is 11.8 Å². The Bertz CT molecular complexity index is 434. The van der Waals surface area contributed by atoms with Gasteiger partial charge in [0.2, 0.25) is 0 Å². The summed E-state index contributed by atoms with van der Waals surface area (Å²) in [6.45, 7) is 10.3. The first-order chi connectivity index (χ1) is 8.81. The lowest BCUT2D eigenvalue weighted by Crippen LogP contribution is -2.32. The van der Waals surface area contributed by atoms with Crippen LogP contribution in [0.4, 0.5) is 5.69 Å². The summed E-state index contributed by atoms with van der Waals surface area (Å²) in [5.41, 5.74) is 1.16. The van der Waals surface area contributed by atoms with Crippen LogP contribution in [0.2, 0.25) is 0 Å². The summed E-state index contributed by atoms with van der Waals surface area (Å²) in [6.07, 6.45) is 0. The Balaban J connectivity index is 3.16. The van der Waals surface area contributed by atoms with E-state index in [4.69, 9.17) is 0 Å². The van der Waals surface area contributed by atoms with Gasteiger partial charge in [-0.1, -0.05) is 43.6 Å². The summed E-state index contributed by atoms with van der Waals surface area (Å²) >= 11 is 3.33. The van der Waals surface area contributed by atoms with Crippen molar-refractivity contribution in [3.8, 4) is 0 Å². The third-order valence-corrected chi connectivity index (χ3v) is 3.19. The number of aromatic carboxylic acids is 1. The summed E-state index contributed by atoms with van der Waals surface area (Å²) < 4.78 is 0.794.